The van der Waals surface area contributed by atoms with Gasteiger partial charge in [-0.1, -0.05) is 60.7 Å². The molecule has 0 heterocycles. The molecule has 0 aliphatic heterocycles. The van der Waals surface area contributed by atoms with E-state index in [0.717, 1.165) is 40.7 Å². The molecule has 0 saturated carbocycles. The number of hydrogen-bond donors (Lipinski definition) is 3. The Morgan fingerprint density at radius 2 is 1.23 bits per heavy atom. The zero-order valence-electron chi connectivity index (χ0n) is 14.6. The van der Waals surface area contributed by atoms with E-state index in [1.54, 1.807) is 12.1 Å². The zero-order chi connectivity index (χ0) is 18.4. The predicted molar refractivity (Wildman–Crippen MR) is 103 cm³/mol. The molecule has 1 radical (unpaired) electrons. The highest BCUT2D eigenvalue weighted by molar-refractivity contribution is 5.42. The van der Waals surface area contributed by atoms with Crippen LogP contribution in [0.2, 0.25) is 0 Å². The van der Waals surface area contributed by atoms with Crippen LogP contribution in [0.5, 0.6) is 5.75 Å². The summed E-state index contributed by atoms with van der Waals surface area (Å²) in [5.41, 5.74) is 5.07. The van der Waals surface area contributed by atoms with Crippen molar-refractivity contribution >= 4 is 0 Å². The van der Waals surface area contributed by atoms with Crippen molar-refractivity contribution in [2.75, 3.05) is 0 Å². The largest absolute Gasteiger partial charge is 0.508 e. The summed E-state index contributed by atoms with van der Waals surface area (Å²) in [4.78, 5) is 0. The van der Waals surface area contributed by atoms with Crippen LogP contribution in [-0.2, 0) is 26.1 Å². The van der Waals surface area contributed by atoms with Crippen molar-refractivity contribution in [3.05, 3.63) is 107 Å². The first kappa shape index (κ1) is 18.2. The molecule has 0 aromatic heterocycles. The van der Waals surface area contributed by atoms with Crippen molar-refractivity contribution in [3.8, 4) is 5.75 Å². The van der Waals surface area contributed by atoms with Gasteiger partial charge in [-0.3, -0.25) is 0 Å². The first-order valence-corrected chi connectivity index (χ1v) is 8.69. The molecule has 0 unspecified atom stereocenters. The van der Waals surface area contributed by atoms with Gasteiger partial charge in [-0.25, -0.2) is 0 Å². The van der Waals surface area contributed by atoms with Gasteiger partial charge < -0.3 is 15.3 Å². The van der Waals surface area contributed by atoms with E-state index in [9.17, 15) is 15.3 Å². The van der Waals surface area contributed by atoms with Crippen molar-refractivity contribution in [2.45, 2.75) is 26.1 Å². The van der Waals surface area contributed by atoms with Gasteiger partial charge in [0.05, 0.1) is 13.2 Å². The van der Waals surface area contributed by atoms with Crippen LogP contribution >= 0.6 is 0 Å². The second-order valence-corrected chi connectivity index (χ2v) is 6.46. The second kappa shape index (κ2) is 8.65. The molecular weight excluding hydrogens is 324 g/mol. The van der Waals surface area contributed by atoms with Gasteiger partial charge in [-0.05, 0) is 52.8 Å². The molecule has 133 valence electrons. The molecule has 3 aromatic carbocycles. The van der Waals surface area contributed by atoms with Gasteiger partial charge >= 0.3 is 0 Å². The molecular formula is C23H23O3. The highest BCUT2D eigenvalue weighted by atomic mass is 16.3. The number of hydrogen-bond acceptors (Lipinski definition) is 3. The Morgan fingerprint density at radius 3 is 1.92 bits per heavy atom. The van der Waals surface area contributed by atoms with E-state index in [-0.39, 0.29) is 19.0 Å². The van der Waals surface area contributed by atoms with Crippen molar-refractivity contribution in [1.82, 2.24) is 0 Å². The van der Waals surface area contributed by atoms with Gasteiger partial charge in [0.2, 0.25) is 0 Å². The summed E-state index contributed by atoms with van der Waals surface area (Å²) >= 11 is 0. The van der Waals surface area contributed by atoms with Crippen LogP contribution < -0.4 is 0 Å². The van der Waals surface area contributed by atoms with Crippen molar-refractivity contribution in [3.63, 3.8) is 0 Å². The molecule has 3 aromatic rings. The molecule has 0 amide bonds. The van der Waals surface area contributed by atoms with Gasteiger partial charge in [-0.15, -0.1) is 0 Å². The SMILES string of the molecule is OCc1ccc(C[C](Cc2cccc(CO)c2)c2cccc(O)c2)cc1. The molecule has 0 spiro atoms. The highest BCUT2D eigenvalue weighted by Crippen LogP contribution is 2.27. The first-order chi connectivity index (χ1) is 12.7. The predicted octanol–water partition coefficient (Wildman–Crippen LogP) is 3.78. The third-order valence-corrected chi connectivity index (χ3v) is 4.47. The molecule has 0 aliphatic rings. The fourth-order valence-corrected chi connectivity index (χ4v) is 3.09. The molecule has 26 heavy (non-hydrogen) atoms. The van der Waals surface area contributed by atoms with Crippen molar-refractivity contribution in [2.24, 2.45) is 0 Å². The van der Waals surface area contributed by atoms with E-state index in [2.05, 4.69) is 6.07 Å². The van der Waals surface area contributed by atoms with Gasteiger partial charge in [-0.2, -0.15) is 0 Å². The van der Waals surface area contributed by atoms with Crippen molar-refractivity contribution in [1.29, 1.82) is 0 Å². The van der Waals surface area contributed by atoms with Gasteiger partial charge in [0.15, 0.2) is 0 Å². The lowest BCUT2D eigenvalue weighted by molar-refractivity contribution is 0.281. The van der Waals surface area contributed by atoms with Crippen LogP contribution in [-0.4, -0.2) is 15.3 Å². The minimum Gasteiger partial charge on any atom is -0.508 e. The van der Waals surface area contributed by atoms with E-state index in [0.29, 0.717) is 0 Å². The fraction of sp³-hybridized carbons (Fsp3) is 0.174. The van der Waals surface area contributed by atoms with Crippen LogP contribution in [0.25, 0.3) is 0 Å². The van der Waals surface area contributed by atoms with E-state index >= 15 is 0 Å². The summed E-state index contributed by atoms with van der Waals surface area (Å²) in [6, 6.07) is 23.2. The lowest BCUT2D eigenvalue weighted by atomic mass is 9.86. The van der Waals surface area contributed by atoms with Crippen LogP contribution in [0.3, 0.4) is 0 Å². The van der Waals surface area contributed by atoms with Crippen LogP contribution in [0.1, 0.15) is 27.8 Å². The number of aromatic hydroxyl groups is 1. The summed E-state index contributed by atoms with van der Waals surface area (Å²) in [7, 11) is 0. The van der Waals surface area contributed by atoms with E-state index < -0.39 is 0 Å². The maximum atomic E-state index is 9.87. The number of rotatable bonds is 7. The number of phenols is 1. The number of benzene rings is 3. The smallest absolute Gasteiger partial charge is 0.115 e. The van der Waals surface area contributed by atoms with Crippen LogP contribution in [0, 0.1) is 5.92 Å². The second-order valence-electron chi connectivity index (χ2n) is 6.46. The maximum absolute atomic E-state index is 9.87. The first-order valence-electron chi connectivity index (χ1n) is 8.69. The number of aliphatic hydroxyl groups excluding tert-OH is 2. The Bertz CT molecular complexity index is 840. The molecule has 0 atom stereocenters. The maximum Gasteiger partial charge on any atom is 0.115 e. The minimum absolute atomic E-state index is 0.0257. The van der Waals surface area contributed by atoms with E-state index in [4.69, 9.17) is 0 Å². The van der Waals surface area contributed by atoms with E-state index in [1.165, 1.54) is 5.92 Å². The standard InChI is InChI=1S/C23H23O3/c24-15-18-9-7-17(8-10-18)12-22(21-5-2-6-23(26)14-21)13-19-3-1-4-20(11-19)16-25/h1-11,14,24-26H,12-13,15-16H2. The summed E-state index contributed by atoms with van der Waals surface area (Å²) in [5.74, 6) is 1.44. The highest BCUT2D eigenvalue weighted by Gasteiger charge is 2.15. The summed E-state index contributed by atoms with van der Waals surface area (Å²) in [5, 5.41) is 28.5. The van der Waals surface area contributed by atoms with Gasteiger partial charge in [0.1, 0.15) is 5.75 Å². The van der Waals surface area contributed by atoms with Crippen molar-refractivity contribution < 1.29 is 15.3 Å². The molecule has 0 fully saturated rings. The Morgan fingerprint density at radius 1 is 0.615 bits per heavy atom. The third kappa shape index (κ3) is 4.72. The Kier molecular flexibility index (Phi) is 6.05. The molecule has 3 N–H and O–H groups in total. The van der Waals surface area contributed by atoms with Crippen LogP contribution in [0.15, 0.2) is 72.8 Å². The number of aliphatic hydroxyl groups is 2. The average molecular weight is 347 g/mol. The Hall–Kier alpha value is -2.62. The zero-order valence-corrected chi connectivity index (χ0v) is 14.6. The fourth-order valence-electron chi connectivity index (χ4n) is 3.09. The summed E-state index contributed by atoms with van der Waals surface area (Å²) < 4.78 is 0. The number of phenolic OH excluding ortho intramolecular Hbond substituents is 1. The summed E-state index contributed by atoms with van der Waals surface area (Å²) in [6.07, 6.45) is 1.48. The quantitative estimate of drug-likeness (QED) is 0.609. The average Bonchev–Trinajstić information content (AvgIpc) is 2.68. The Balaban J connectivity index is 1.87. The minimum atomic E-state index is 0.0257. The van der Waals surface area contributed by atoms with Gasteiger partial charge in [0, 0.05) is 5.92 Å². The molecule has 0 aliphatic carbocycles. The molecule has 0 bridgehead atoms. The Labute approximate surface area is 154 Å². The lowest BCUT2D eigenvalue weighted by Crippen LogP contribution is -2.08. The molecule has 3 nitrogen and oxygen atoms in total. The molecule has 3 heteroatoms. The lowest BCUT2D eigenvalue weighted by Gasteiger charge is -2.18. The third-order valence-electron chi connectivity index (χ3n) is 4.47. The normalized spacial score (nSPS) is 11.0. The monoisotopic (exact) mass is 347 g/mol. The van der Waals surface area contributed by atoms with Crippen LogP contribution in [0.4, 0.5) is 0 Å². The molecule has 3 rings (SSSR count). The molecule has 0 saturated heterocycles. The topological polar surface area (TPSA) is 60.7 Å². The van der Waals surface area contributed by atoms with Gasteiger partial charge in [0.25, 0.3) is 0 Å². The van der Waals surface area contributed by atoms with E-state index in [1.807, 2.05) is 54.6 Å². The summed E-state index contributed by atoms with van der Waals surface area (Å²) in [6.45, 7) is 0.0648.